The van der Waals surface area contributed by atoms with Crippen LogP contribution in [0.5, 0.6) is 5.75 Å². The molecule has 156 valence electrons. The number of hydrogen-bond acceptors (Lipinski definition) is 3. The van der Waals surface area contributed by atoms with Gasteiger partial charge in [0.1, 0.15) is 5.75 Å². The summed E-state index contributed by atoms with van der Waals surface area (Å²) in [5, 5.41) is 5.35. The largest absolute Gasteiger partial charge is 0.483 e. The first kappa shape index (κ1) is 22.5. The third-order valence-corrected chi connectivity index (χ3v) is 4.65. The van der Waals surface area contributed by atoms with Crippen molar-refractivity contribution in [1.82, 2.24) is 5.32 Å². The van der Waals surface area contributed by atoms with Gasteiger partial charge < -0.3 is 15.4 Å². The van der Waals surface area contributed by atoms with Gasteiger partial charge in [-0.25, -0.2) is 0 Å². The van der Waals surface area contributed by atoms with Crippen molar-refractivity contribution in [2.75, 3.05) is 19.0 Å². The van der Waals surface area contributed by atoms with Gasteiger partial charge in [-0.3, -0.25) is 9.59 Å². The molecule has 0 atom stereocenters. The van der Waals surface area contributed by atoms with Crippen molar-refractivity contribution in [2.45, 2.75) is 52.4 Å². The van der Waals surface area contributed by atoms with Gasteiger partial charge in [-0.05, 0) is 46.2 Å². The van der Waals surface area contributed by atoms with Crippen molar-refractivity contribution in [1.29, 1.82) is 0 Å². The molecule has 0 saturated heterocycles. The number of carbonyl (C=O) groups is 2. The first-order valence-corrected chi connectivity index (χ1v) is 9.81. The van der Waals surface area contributed by atoms with E-state index >= 15 is 0 Å². The van der Waals surface area contributed by atoms with Gasteiger partial charge >= 0.3 is 0 Å². The van der Waals surface area contributed by atoms with E-state index in [2.05, 4.69) is 64.3 Å². The van der Waals surface area contributed by atoms with E-state index < -0.39 is 0 Å². The van der Waals surface area contributed by atoms with Gasteiger partial charge in [0, 0.05) is 18.3 Å². The molecule has 2 rings (SSSR count). The molecule has 2 N–H and O–H groups in total. The molecule has 2 amide bonds. The quantitative estimate of drug-likeness (QED) is 0.772. The number of carbonyl (C=O) groups excluding carboxylic acids is 2. The smallest absolute Gasteiger partial charge is 0.262 e. The molecule has 0 fully saturated rings. The van der Waals surface area contributed by atoms with Gasteiger partial charge in [-0.15, -0.1) is 0 Å². The Morgan fingerprint density at radius 3 is 2.21 bits per heavy atom. The Hall–Kier alpha value is -2.82. The second-order valence-corrected chi connectivity index (χ2v) is 9.21. The first-order valence-electron chi connectivity index (χ1n) is 9.81. The highest BCUT2D eigenvalue weighted by Gasteiger charge is 2.23. The number of hydrogen-bond donors (Lipinski definition) is 2. The topological polar surface area (TPSA) is 67.4 Å². The number of rotatable bonds is 5. The maximum Gasteiger partial charge on any atom is 0.262 e. The summed E-state index contributed by atoms with van der Waals surface area (Å²) in [5.74, 6) is 0.227. The van der Waals surface area contributed by atoms with Crippen molar-refractivity contribution in [2.24, 2.45) is 0 Å². The molecular formula is C24H32N2O3. The predicted octanol–water partition coefficient (Wildman–Crippen LogP) is 4.66. The fraction of sp³-hybridized carbons (Fsp3) is 0.417. The molecule has 0 saturated carbocycles. The van der Waals surface area contributed by atoms with Crippen LogP contribution in [-0.2, 0) is 15.6 Å². The molecule has 2 aromatic carbocycles. The average molecular weight is 397 g/mol. The van der Waals surface area contributed by atoms with Gasteiger partial charge in [0.15, 0.2) is 6.61 Å². The van der Waals surface area contributed by atoms with E-state index in [0.29, 0.717) is 17.0 Å². The Kier molecular flexibility index (Phi) is 6.73. The lowest BCUT2D eigenvalue weighted by molar-refractivity contribution is -0.118. The SMILES string of the molecule is CNC(=O)c1cccc(NC(=O)COc2ccc(C(C)(C)C)cc2C(C)(C)C)c1. The van der Waals surface area contributed by atoms with Crippen LogP contribution in [0.4, 0.5) is 5.69 Å². The second-order valence-electron chi connectivity index (χ2n) is 9.21. The number of nitrogens with one attached hydrogen (secondary N) is 2. The monoisotopic (exact) mass is 396 g/mol. The Labute approximate surface area is 173 Å². The minimum atomic E-state index is -0.279. The lowest BCUT2D eigenvalue weighted by Crippen LogP contribution is -2.23. The molecule has 0 aliphatic heterocycles. The lowest BCUT2D eigenvalue weighted by atomic mass is 9.80. The molecule has 0 spiro atoms. The van der Waals surface area contributed by atoms with E-state index in [-0.39, 0.29) is 29.3 Å². The summed E-state index contributed by atoms with van der Waals surface area (Å²) in [5.41, 5.74) is 3.25. The highest BCUT2D eigenvalue weighted by Crippen LogP contribution is 2.35. The molecule has 0 aliphatic carbocycles. The van der Waals surface area contributed by atoms with Crippen molar-refractivity contribution < 1.29 is 14.3 Å². The van der Waals surface area contributed by atoms with Gasteiger partial charge in [0.25, 0.3) is 11.8 Å². The maximum atomic E-state index is 12.4. The maximum absolute atomic E-state index is 12.4. The fourth-order valence-corrected chi connectivity index (χ4v) is 2.93. The summed E-state index contributed by atoms with van der Waals surface area (Å²) >= 11 is 0. The van der Waals surface area contributed by atoms with Crippen molar-refractivity contribution in [3.8, 4) is 5.75 Å². The molecule has 0 aliphatic rings. The third-order valence-electron chi connectivity index (χ3n) is 4.65. The third kappa shape index (κ3) is 6.08. The van der Waals surface area contributed by atoms with Crippen LogP contribution in [0.15, 0.2) is 42.5 Å². The van der Waals surface area contributed by atoms with E-state index in [1.807, 2.05) is 6.07 Å². The number of benzene rings is 2. The highest BCUT2D eigenvalue weighted by atomic mass is 16.5. The van der Waals surface area contributed by atoms with Crippen LogP contribution >= 0.6 is 0 Å². The van der Waals surface area contributed by atoms with Gasteiger partial charge in [-0.1, -0.05) is 59.7 Å². The Balaban J connectivity index is 2.13. The summed E-state index contributed by atoms with van der Waals surface area (Å²) in [7, 11) is 1.57. The number of anilines is 1. The fourth-order valence-electron chi connectivity index (χ4n) is 2.93. The Morgan fingerprint density at radius 2 is 1.62 bits per heavy atom. The molecule has 29 heavy (non-hydrogen) atoms. The minimum Gasteiger partial charge on any atom is -0.483 e. The Morgan fingerprint density at radius 1 is 0.931 bits per heavy atom. The average Bonchev–Trinajstić information content (AvgIpc) is 2.64. The summed E-state index contributed by atoms with van der Waals surface area (Å²) in [6.45, 7) is 12.8. The van der Waals surface area contributed by atoms with E-state index in [1.165, 1.54) is 5.56 Å². The molecule has 0 aromatic heterocycles. The summed E-state index contributed by atoms with van der Waals surface area (Å²) in [6, 6.07) is 13.0. The zero-order valence-electron chi connectivity index (χ0n) is 18.5. The van der Waals surface area contributed by atoms with E-state index in [9.17, 15) is 9.59 Å². The number of ether oxygens (including phenoxy) is 1. The van der Waals surface area contributed by atoms with Gasteiger partial charge in [0.2, 0.25) is 0 Å². The molecule has 5 nitrogen and oxygen atoms in total. The summed E-state index contributed by atoms with van der Waals surface area (Å²) in [4.78, 5) is 24.1. The molecule has 0 bridgehead atoms. The van der Waals surface area contributed by atoms with Crippen molar-refractivity contribution in [3.05, 3.63) is 59.2 Å². The standard InChI is InChI=1S/C24H32N2O3/c1-23(2,3)17-11-12-20(19(14-17)24(4,5)6)29-15-21(27)26-18-10-8-9-16(13-18)22(28)25-7/h8-14H,15H2,1-7H3,(H,25,28)(H,26,27). The normalized spacial score (nSPS) is 11.7. The molecule has 5 heteroatoms. The highest BCUT2D eigenvalue weighted by molar-refractivity contribution is 5.97. The van der Waals surface area contributed by atoms with Gasteiger partial charge in [-0.2, -0.15) is 0 Å². The lowest BCUT2D eigenvalue weighted by Gasteiger charge is -2.27. The summed E-state index contributed by atoms with van der Waals surface area (Å²) in [6.07, 6.45) is 0. The second kappa shape index (κ2) is 8.68. The van der Waals surface area contributed by atoms with Crippen LogP contribution in [0.1, 0.15) is 63.0 Å². The van der Waals surface area contributed by atoms with Crippen molar-refractivity contribution >= 4 is 17.5 Å². The predicted molar refractivity (Wildman–Crippen MR) is 118 cm³/mol. The molecule has 0 heterocycles. The van der Waals surface area contributed by atoms with E-state index in [1.54, 1.807) is 31.3 Å². The molecule has 0 radical (unpaired) electrons. The number of amides is 2. The van der Waals surface area contributed by atoms with E-state index in [0.717, 1.165) is 5.56 Å². The minimum absolute atomic E-state index is 0.0334. The van der Waals surface area contributed by atoms with Gasteiger partial charge in [0.05, 0.1) is 0 Å². The molecule has 2 aromatic rings. The van der Waals surface area contributed by atoms with Crippen LogP contribution in [0.2, 0.25) is 0 Å². The zero-order chi connectivity index (χ0) is 21.8. The van der Waals surface area contributed by atoms with Crippen molar-refractivity contribution in [3.63, 3.8) is 0 Å². The van der Waals surface area contributed by atoms with E-state index in [4.69, 9.17) is 4.74 Å². The molecular weight excluding hydrogens is 364 g/mol. The van der Waals surface area contributed by atoms with Crippen LogP contribution in [0, 0.1) is 0 Å². The summed E-state index contributed by atoms with van der Waals surface area (Å²) < 4.78 is 5.87. The Bertz CT molecular complexity index is 890. The van der Waals surface area contributed by atoms with Crippen LogP contribution < -0.4 is 15.4 Å². The van der Waals surface area contributed by atoms with Crippen LogP contribution in [0.25, 0.3) is 0 Å². The zero-order valence-corrected chi connectivity index (χ0v) is 18.5. The first-order chi connectivity index (χ1) is 13.4. The van der Waals surface area contributed by atoms with Crippen LogP contribution in [-0.4, -0.2) is 25.5 Å². The van der Waals surface area contributed by atoms with Crippen LogP contribution in [0.3, 0.4) is 0 Å². The molecule has 0 unspecified atom stereocenters.